The number of carbonyl (C=O) groups is 2. The van der Waals surface area contributed by atoms with Crippen molar-refractivity contribution in [3.05, 3.63) is 57.8 Å². The van der Waals surface area contributed by atoms with Crippen LogP contribution in [-0.2, 0) is 16.0 Å². The topological polar surface area (TPSA) is 74.8 Å². The van der Waals surface area contributed by atoms with Gasteiger partial charge in [0.05, 0.1) is 11.4 Å². The first kappa shape index (κ1) is 18.2. The van der Waals surface area contributed by atoms with Crippen molar-refractivity contribution in [1.82, 2.24) is 10.6 Å². The number of nitrogens with one attached hydrogen (secondary N) is 2. The fourth-order valence-corrected chi connectivity index (χ4v) is 3.26. The van der Waals surface area contributed by atoms with Gasteiger partial charge in [0.1, 0.15) is 6.04 Å². The van der Waals surface area contributed by atoms with Crippen LogP contribution in [0.25, 0.3) is 0 Å². The zero-order valence-corrected chi connectivity index (χ0v) is 14.9. The molecule has 1 heterocycles. The summed E-state index contributed by atoms with van der Waals surface area (Å²) in [6.45, 7) is 2.42. The van der Waals surface area contributed by atoms with Crippen molar-refractivity contribution in [2.24, 2.45) is 0 Å². The molecule has 1 aromatic heterocycles. The first-order valence-electron chi connectivity index (χ1n) is 8.07. The van der Waals surface area contributed by atoms with Crippen molar-refractivity contribution >= 4 is 23.2 Å². The Morgan fingerprint density at radius 3 is 2.50 bits per heavy atom. The van der Waals surface area contributed by atoms with Gasteiger partial charge in [0.2, 0.25) is 5.91 Å². The largest absolute Gasteiger partial charge is 0.358 e. The van der Waals surface area contributed by atoms with Gasteiger partial charge >= 0.3 is 0 Å². The zero-order chi connectivity index (χ0) is 17.4. The Kier molecular flexibility index (Phi) is 6.96. The molecule has 2 rings (SSSR count). The molecule has 6 heteroatoms. The standard InChI is InChI=1S/C18H23N3O2S/c1-3-13-6-8-14(9-7-13)18(15-5-4-10-24-15)21-12-17(23)20-11-16(22)19-2/h4-10,18,21H,3,11-12H2,1-2H3,(H,19,22)(H,20,23)/p+1/t18-/m0/s1. The smallest absolute Gasteiger partial charge is 0.275 e. The predicted molar refractivity (Wildman–Crippen MR) is 95.9 cm³/mol. The second-order valence-electron chi connectivity index (χ2n) is 5.48. The first-order chi connectivity index (χ1) is 11.6. The molecule has 2 amide bonds. The molecule has 0 aliphatic heterocycles. The summed E-state index contributed by atoms with van der Waals surface area (Å²) < 4.78 is 0. The molecular formula is C18H24N3O2S+. The summed E-state index contributed by atoms with van der Waals surface area (Å²) in [7, 11) is 1.55. The maximum atomic E-state index is 12.0. The van der Waals surface area contributed by atoms with Crippen LogP contribution < -0.4 is 16.0 Å². The molecule has 0 bridgehead atoms. The number of likely N-dealkylation sites (N-methyl/N-ethyl adjacent to an activating group) is 1. The highest BCUT2D eigenvalue weighted by Crippen LogP contribution is 2.23. The lowest BCUT2D eigenvalue weighted by Crippen LogP contribution is -2.87. The van der Waals surface area contributed by atoms with E-state index >= 15 is 0 Å². The number of amides is 2. The number of rotatable bonds is 8. The van der Waals surface area contributed by atoms with Gasteiger partial charge in [-0.15, -0.1) is 11.3 Å². The Morgan fingerprint density at radius 2 is 1.92 bits per heavy atom. The molecule has 1 atom stereocenters. The van der Waals surface area contributed by atoms with Gasteiger partial charge in [-0.2, -0.15) is 0 Å². The minimum absolute atomic E-state index is 0.0119. The van der Waals surface area contributed by atoms with E-state index in [2.05, 4.69) is 47.9 Å². The van der Waals surface area contributed by atoms with Crippen LogP contribution in [0.3, 0.4) is 0 Å². The van der Waals surface area contributed by atoms with E-state index < -0.39 is 0 Å². The van der Waals surface area contributed by atoms with E-state index in [1.54, 1.807) is 18.4 Å². The average Bonchev–Trinajstić information content (AvgIpc) is 3.14. The summed E-state index contributed by atoms with van der Waals surface area (Å²) in [5.74, 6) is -0.348. The number of benzene rings is 1. The second kappa shape index (κ2) is 9.20. The van der Waals surface area contributed by atoms with Gasteiger partial charge in [-0.25, -0.2) is 0 Å². The molecule has 0 fully saturated rings. The third-order valence-corrected chi connectivity index (χ3v) is 4.82. The number of quaternary nitrogens is 1. The van der Waals surface area contributed by atoms with Crippen LogP contribution in [0, 0.1) is 0 Å². The van der Waals surface area contributed by atoms with Crippen LogP contribution in [-0.4, -0.2) is 32.0 Å². The molecule has 0 spiro atoms. The Labute approximate surface area is 146 Å². The monoisotopic (exact) mass is 346 g/mol. The Bertz CT molecular complexity index is 653. The molecule has 1 aromatic carbocycles. The van der Waals surface area contributed by atoms with Crippen molar-refractivity contribution in [3.8, 4) is 0 Å². The molecule has 5 nitrogen and oxygen atoms in total. The van der Waals surface area contributed by atoms with Gasteiger partial charge in [-0.3, -0.25) is 9.59 Å². The molecule has 128 valence electrons. The van der Waals surface area contributed by atoms with Gasteiger partial charge in [-0.1, -0.05) is 37.3 Å². The van der Waals surface area contributed by atoms with Gasteiger partial charge in [-0.05, 0) is 23.4 Å². The Balaban J connectivity index is 2.02. The van der Waals surface area contributed by atoms with E-state index in [0.29, 0.717) is 0 Å². The molecule has 0 saturated heterocycles. The highest BCUT2D eigenvalue weighted by Gasteiger charge is 2.20. The highest BCUT2D eigenvalue weighted by atomic mass is 32.1. The maximum absolute atomic E-state index is 12.0. The Hall–Kier alpha value is -2.18. The normalized spacial score (nSPS) is 11.8. The van der Waals surface area contributed by atoms with E-state index in [1.807, 2.05) is 16.8 Å². The van der Waals surface area contributed by atoms with Crippen LogP contribution in [0.1, 0.15) is 29.0 Å². The van der Waals surface area contributed by atoms with Crippen LogP contribution in [0.15, 0.2) is 41.8 Å². The Morgan fingerprint density at radius 1 is 1.17 bits per heavy atom. The molecule has 0 aliphatic carbocycles. The highest BCUT2D eigenvalue weighted by molar-refractivity contribution is 7.10. The van der Waals surface area contributed by atoms with Gasteiger partial charge in [0, 0.05) is 12.6 Å². The van der Waals surface area contributed by atoms with Gasteiger partial charge in [0.25, 0.3) is 5.91 Å². The van der Waals surface area contributed by atoms with Crippen molar-refractivity contribution < 1.29 is 14.9 Å². The van der Waals surface area contributed by atoms with E-state index in [0.717, 1.165) is 6.42 Å². The summed E-state index contributed by atoms with van der Waals surface area (Å²) in [6, 6.07) is 12.7. The quantitative estimate of drug-likeness (QED) is 0.662. The summed E-state index contributed by atoms with van der Waals surface area (Å²) in [5.41, 5.74) is 2.47. The summed E-state index contributed by atoms with van der Waals surface area (Å²) in [4.78, 5) is 24.3. The molecular weight excluding hydrogens is 322 g/mol. The van der Waals surface area contributed by atoms with Crippen molar-refractivity contribution in [2.75, 3.05) is 20.1 Å². The number of hydrogen-bond donors (Lipinski definition) is 3. The zero-order valence-electron chi connectivity index (χ0n) is 14.0. The van der Waals surface area contributed by atoms with Crippen LogP contribution in [0.5, 0.6) is 0 Å². The number of hydrogen-bond acceptors (Lipinski definition) is 3. The summed E-state index contributed by atoms with van der Waals surface area (Å²) in [6.07, 6.45) is 1.01. The van der Waals surface area contributed by atoms with E-state index in [9.17, 15) is 9.59 Å². The van der Waals surface area contributed by atoms with Crippen molar-refractivity contribution in [3.63, 3.8) is 0 Å². The summed E-state index contributed by atoms with van der Waals surface area (Å²) in [5, 5.41) is 9.16. The minimum Gasteiger partial charge on any atom is -0.358 e. The van der Waals surface area contributed by atoms with Crippen LogP contribution in [0.4, 0.5) is 0 Å². The van der Waals surface area contributed by atoms with Gasteiger partial charge < -0.3 is 16.0 Å². The molecule has 2 aromatic rings. The van der Waals surface area contributed by atoms with E-state index in [1.165, 1.54) is 16.0 Å². The fourth-order valence-electron chi connectivity index (χ4n) is 2.41. The molecule has 0 saturated carbocycles. The molecule has 0 unspecified atom stereocenters. The lowest BCUT2D eigenvalue weighted by atomic mass is 10.0. The third kappa shape index (κ3) is 5.18. The van der Waals surface area contributed by atoms with E-state index in [4.69, 9.17) is 0 Å². The first-order valence-corrected chi connectivity index (χ1v) is 8.94. The number of thiophene rings is 1. The molecule has 0 aliphatic rings. The number of nitrogens with two attached hydrogens (primary N) is 1. The summed E-state index contributed by atoms with van der Waals surface area (Å²) >= 11 is 1.68. The third-order valence-electron chi connectivity index (χ3n) is 3.86. The van der Waals surface area contributed by atoms with Crippen LogP contribution in [0.2, 0.25) is 0 Å². The molecule has 0 radical (unpaired) electrons. The molecule has 24 heavy (non-hydrogen) atoms. The number of aryl methyl sites for hydroxylation is 1. The lowest BCUT2D eigenvalue weighted by molar-refractivity contribution is -0.676. The maximum Gasteiger partial charge on any atom is 0.275 e. The van der Waals surface area contributed by atoms with Gasteiger partial charge in [0.15, 0.2) is 6.54 Å². The fraction of sp³-hybridized carbons (Fsp3) is 0.333. The number of carbonyl (C=O) groups excluding carboxylic acids is 2. The lowest BCUT2D eigenvalue weighted by Gasteiger charge is -2.15. The van der Waals surface area contributed by atoms with Crippen molar-refractivity contribution in [2.45, 2.75) is 19.4 Å². The average molecular weight is 346 g/mol. The second-order valence-corrected chi connectivity index (χ2v) is 6.46. The predicted octanol–water partition coefficient (Wildman–Crippen LogP) is 0.826. The van der Waals surface area contributed by atoms with Crippen LogP contribution >= 0.6 is 11.3 Å². The SMILES string of the molecule is CCc1ccc([C@H]([NH2+]CC(=O)NCC(=O)NC)c2cccs2)cc1. The molecule has 4 N–H and O–H groups in total. The van der Waals surface area contributed by atoms with Crippen molar-refractivity contribution in [1.29, 1.82) is 0 Å². The van der Waals surface area contributed by atoms with E-state index in [-0.39, 0.29) is 30.9 Å². The minimum atomic E-state index is -0.201.